The first kappa shape index (κ1) is 20.9. The van der Waals surface area contributed by atoms with Crippen molar-refractivity contribution in [3.63, 3.8) is 0 Å². The molecule has 0 atom stereocenters. The van der Waals surface area contributed by atoms with Crippen LogP contribution in [-0.4, -0.2) is 31.5 Å². The molecule has 0 bridgehead atoms. The van der Waals surface area contributed by atoms with Crippen molar-refractivity contribution in [2.45, 2.75) is 103 Å². The van der Waals surface area contributed by atoms with Crippen molar-refractivity contribution in [2.24, 2.45) is 0 Å². The minimum Gasteiger partial charge on any atom is -0.292 e. The number of hydrogen-bond donors (Lipinski definition) is 2. The monoisotopic (exact) mass is 325 g/mol. The molecular weight excluding hydrogens is 282 g/mol. The lowest BCUT2D eigenvalue weighted by Gasteiger charge is -2.27. The summed E-state index contributed by atoms with van der Waals surface area (Å²) in [6.07, 6.45) is 21.7. The van der Waals surface area contributed by atoms with Crippen LogP contribution in [0.1, 0.15) is 103 Å². The maximum atomic E-state index is 3.35. The second-order valence-electron chi connectivity index (χ2n) is 7.34. The summed E-state index contributed by atoms with van der Waals surface area (Å²) in [5.41, 5.74) is 0. The maximum Gasteiger partial charge on any atom is 0.0502 e. The maximum absolute atomic E-state index is 3.35. The Morgan fingerprint density at radius 3 is 1.39 bits per heavy atom. The Morgan fingerprint density at radius 2 is 0.957 bits per heavy atom. The van der Waals surface area contributed by atoms with Crippen molar-refractivity contribution in [1.29, 1.82) is 0 Å². The minimum absolute atomic E-state index is 0.968. The summed E-state index contributed by atoms with van der Waals surface area (Å²) in [6, 6.07) is 0. The van der Waals surface area contributed by atoms with Gasteiger partial charge in [-0.05, 0) is 6.42 Å². The zero-order valence-electron chi connectivity index (χ0n) is 15.9. The number of unbranched alkanes of at least 4 members (excludes halogenated alkanes) is 14. The van der Waals surface area contributed by atoms with E-state index in [9.17, 15) is 0 Å². The molecule has 23 heavy (non-hydrogen) atoms. The van der Waals surface area contributed by atoms with Gasteiger partial charge < -0.3 is 0 Å². The van der Waals surface area contributed by atoms with Crippen LogP contribution in [0.2, 0.25) is 0 Å². The fourth-order valence-electron chi connectivity index (χ4n) is 3.44. The van der Waals surface area contributed by atoms with Gasteiger partial charge in [0.2, 0.25) is 0 Å². The molecule has 1 fully saturated rings. The van der Waals surface area contributed by atoms with E-state index in [1.807, 2.05) is 0 Å². The smallest absolute Gasteiger partial charge is 0.0502 e. The van der Waals surface area contributed by atoms with Gasteiger partial charge in [0.25, 0.3) is 0 Å². The van der Waals surface area contributed by atoms with Crippen molar-refractivity contribution in [3.05, 3.63) is 0 Å². The second kappa shape index (κ2) is 16.7. The van der Waals surface area contributed by atoms with Crippen molar-refractivity contribution in [3.8, 4) is 0 Å². The summed E-state index contributed by atoms with van der Waals surface area (Å²) in [7, 11) is 0. The Morgan fingerprint density at radius 1 is 0.565 bits per heavy atom. The SMILES string of the molecule is CCCCCCCCCCCCCCCCCN1CNCNC1. The molecule has 1 saturated heterocycles. The minimum atomic E-state index is 0.968. The standard InChI is InChI=1S/C20H43N3/c1-2-3-4-5-6-7-8-9-10-11-12-13-14-15-16-17-23-19-21-18-22-20-23/h21-22H,2-20H2,1H3. The quantitative estimate of drug-likeness (QED) is 0.381. The van der Waals surface area contributed by atoms with Crippen LogP contribution >= 0.6 is 0 Å². The van der Waals surface area contributed by atoms with E-state index < -0.39 is 0 Å². The average molecular weight is 326 g/mol. The van der Waals surface area contributed by atoms with E-state index in [2.05, 4.69) is 22.5 Å². The third-order valence-corrected chi connectivity index (χ3v) is 5.00. The summed E-state index contributed by atoms with van der Waals surface area (Å²) in [4.78, 5) is 2.46. The molecule has 0 radical (unpaired) electrons. The topological polar surface area (TPSA) is 27.3 Å². The highest BCUT2D eigenvalue weighted by molar-refractivity contribution is 4.60. The molecule has 2 N–H and O–H groups in total. The lowest BCUT2D eigenvalue weighted by Crippen LogP contribution is -2.50. The first-order valence-electron chi connectivity index (χ1n) is 10.6. The molecule has 3 nitrogen and oxygen atoms in total. The predicted molar refractivity (Wildman–Crippen MR) is 103 cm³/mol. The van der Waals surface area contributed by atoms with E-state index in [0.29, 0.717) is 0 Å². The van der Waals surface area contributed by atoms with Gasteiger partial charge in [0.15, 0.2) is 0 Å². The summed E-state index contributed by atoms with van der Waals surface area (Å²) >= 11 is 0. The summed E-state index contributed by atoms with van der Waals surface area (Å²) < 4.78 is 0. The molecule has 0 aromatic heterocycles. The molecule has 0 saturated carbocycles. The van der Waals surface area contributed by atoms with Gasteiger partial charge in [-0.25, -0.2) is 0 Å². The fraction of sp³-hybridized carbons (Fsp3) is 1.00. The largest absolute Gasteiger partial charge is 0.292 e. The average Bonchev–Trinajstić information content (AvgIpc) is 2.59. The lowest BCUT2D eigenvalue weighted by molar-refractivity contribution is 0.188. The van der Waals surface area contributed by atoms with Crippen LogP contribution in [0.3, 0.4) is 0 Å². The molecule has 1 aliphatic rings. The van der Waals surface area contributed by atoms with E-state index in [-0.39, 0.29) is 0 Å². The van der Waals surface area contributed by atoms with Crippen LogP contribution in [0.5, 0.6) is 0 Å². The molecule has 0 amide bonds. The van der Waals surface area contributed by atoms with Crippen molar-refractivity contribution in [2.75, 3.05) is 26.6 Å². The Kier molecular flexibility index (Phi) is 15.2. The Hall–Kier alpha value is -0.120. The van der Waals surface area contributed by atoms with Crippen LogP contribution < -0.4 is 10.6 Å². The zero-order valence-corrected chi connectivity index (χ0v) is 15.9. The van der Waals surface area contributed by atoms with Crippen molar-refractivity contribution < 1.29 is 0 Å². The third-order valence-electron chi connectivity index (χ3n) is 5.00. The Balaban J connectivity index is 1.67. The van der Waals surface area contributed by atoms with Crippen LogP contribution in [-0.2, 0) is 0 Å². The molecule has 0 aromatic rings. The highest BCUT2D eigenvalue weighted by Crippen LogP contribution is 2.13. The van der Waals surface area contributed by atoms with Crippen molar-refractivity contribution in [1.82, 2.24) is 15.5 Å². The normalized spacial score (nSPS) is 16.0. The molecule has 0 aromatic carbocycles. The van der Waals surface area contributed by atoms with E-state index in [1.54, 1.807) is 0 Å². The Labute approximate surface area is 146 Å². The molecule has 1 aliphatic heterocycles. The number of rotatable bonds is 16. The van der Waals surface area contributed by atoms with E-state index in [4.69, 9.17) is 0 Å². The Bertz CT molecular complexity index is 227. The first-order chi connectivity index (χ1) is 11.4. The highest BCUT2D eigenvalue weighted by Gasteiger charge is 2.06. The van der Waals surface area contributed by atoms with Gasteiger partial charge in [-0.1, -0.05) is 96.8 Å². The van der Waals surface area contributed by atoms with Gasteiger partial charge in [0.1, 0.15) is 0 Å². The number of nitrogens with one attached hydrogen (secondary N) is 2. The number of hydrogen-bond acceptors (Lipinski definition) is 3. The van der Waals surface area contributed by atoms with Crippen LogP contribution in [0.25, 0.3) is 0 Å². The van der Waals surface area contributed by atoms with E-state index >= 15 is 0 Å². The molecule has 1 rings (SSSR count). The molecule has 1 heterocycles. The van der Waals surface area contributed by atoms with Gasteiger partial charge in [0.05, 0.1) is 13.3 Å². The highest BCUT2D eigenvalue weighted by atomic mass is 15.4. The van der Waals surface area contributed by atoms with Gasteiger partial charge >= 0.3 is 0 Å². The zero-order chi connectivity index (χ0) is 16.4. The van der Waals surface area contributed by atoms with Gasteiger partial charge in [-0.2, -0.15) is 0 Å². The summed E-state index contributed by atoms with van der Waals surface area (Å²) in [5.74, 6) is 0. The molecule has 138 valence electrons. The van der Waals surface area contributed by atoms with Crippen LogP contribution in [0, 0.1) is 0 Å². The van der Waals surface area contributed by atoms with Crippen molar-refractivity contribution >= 4 is 0 Å². The van der Waals surface area contributed by atoms with Gasteiger partial charge in [-0.15, -0.1) is 0 Å². The summed E-state index contributed by atoms with van der Waals surface area (Å²) in [5, 5.41) is 6.70. The summed E-state index contributed by atoms with van der Waals surface area (Å²) in [6.45, 7) is 6.63. The second-order valence-corrected chi connectivity index (χ2v) is 7.34. The molecule has 0 spiro atoms. The van der Waals surface area contributed by atoms with Crippen LogP contribution in [0.4, 0.5) is 0 Å². The first-order valence-corrected chi connectivity index (χ1v) is 10.6. The van der Waals surface area contributed by atoms with Gasteiger partial charge in [-0.3, -0.25) is 15.5 Å². The predicted octanol–water partition coefficient (Wildman–Crippen LogP) is 5.23. The third kappa shape index (κ3) is 14.0. The molecular formula is C20H43N3. The van der Waals surface area contributed by atoms with E-state index in [1.165, 1.54) is 103 Å². The molecule has 3 heteroatoms. The lowest BCUT2D eigenvalue weighted by atomic mass is 10.0. The molecule has 0 aliphatic carbocycles. The van der Waals surface area contributed by atoms with E-state index in [0.717, 1.165) is 20.0 Å². The molecule has 0 unspecified atom stereocenters. The fourth-order valence-corrected chi connectivity index (χ4v) is 3.44. The van der Waals surface area contributed by atoms with Gasteiger partial charge in [0, 0.05) is 13.2 Å². The van der Waals surface area contributed by atoms with Crippen LogP contribution in [0.15, 0.2) is 0 Å². The number of nitrogens with zero attached hydrogens (tertiary/aromatic N) is 1.